The quantitative estimate of drug-likeness (QED) is 0.414. The lowest BCUT2D eigenvalue weighted by Gasteiger charge is -2.27. The summed E-state index contributed by atoms with van der Waals surface area (Å²) in [5, 5.41) is 3.20. The maximum Gasteiger partial charge on any atom is 0.213 e. The highest BCUT2D eigenvalue weighted by molar-refractivity contribution is 8.09. The van der Waals surface area contributed by atoms with Gasteiger partial charge in [-0.15, -0.1) is 0 Å². The van der Waals surface area contributed by atoms with Crippen LogP contribution in [-0.4, -0.2) is 13.9 Å². The van der Waals surface area contributed by atoms with Crippen molar-refractivity contribution in [1.29, 1.82) is 0 Å². The Kier molecular flexibility index (Phi) is 5.85. The topological polar surface area (TPSA) is 34.1 Å². The van der Waals surface area contributed by atoms with E-state index >= 15 is 0 Å². The Morgan fingerprint density at radius 3 is 1.30 bits per heavy atom. The molecule has 0 aromatic heterocycles. The van der Waals surface area contributed by atoms with Crippen molar-refractivity contribution in [3.63, 3.8) is 0 Å². The maximum absolute atomic E-state index is 13.7. The van der Waals surface area contributed by atoms with Crippen molar-refractivity contribution in [3.05, 3.63) is 121 Å². The number of hydrogen-bond donors (Lipinski definition) is 0. The van der Waals surface area contributed by atoms with Crippen LogP contribution >= 0.6 is 7.26 Å². The highest BCUT2D eigenvalue weighted by Gasteiger charge is 2.49. The summed E-state index contributed by atoms with van der Waals surface area (Å²) < 4.78 is 27.4. The van der Waals surface area contributed by atoms with E-state index in [4.69, 9.17) is 0 Å². The van der Waals surface area contributed by atoms with E-state index in [-0.39, 0.29) is 5.49 Å². The van der Waals surface area contributed by atoms with Gasteiger partial charge in [0.1, 0.15) is 23.2 Å². The number of benzene rings is 4. The van der Waals surface area contributed by atoms with Crippen molar-refractivity contribution >= 4 is 33.0 Å². The molecule has 0 saturated carbocycles. The van der Waals surface area contributed by atoms with Crippen LogP contribution in [0.15, 0.2) is 120 Å². The normalized spacial score (nSPS) is 11.9. The molecule has 4 aromatic carbocycles. The van der Waals surface area contributed by atoms with Gasteiger partial charge in [0.05, 0.1) is 4.90 Å². The fourth-order valence-electron chi connectivity index (χ4n) is 3.79. The number of rotatable bonds is 6. The third kappa shape index (κ3) is 3.96. The molecule has 0 aliphatic carbocycles. The minimum Gasteiger partial charge on any atom is -0.220 e. The molecule has 0 unspecified atom stereocenters. The van der Waals surface area contributed by atoms with Gasteiger partial charge in [0.2, 0.25) is 9.84 Å². The van der Waals surface area contributed by atoms with Crippen molar-refractivity contribution in [3.8, 4) is 0 Å². The van der Waals surface area contributed by atoms with E-state index in [9.17, 15) is 8.42 Å². The van der Waals surface area contributed by atoms with Crippen molar-refractivity contribution in [2.45, 2.75) is 11.8 Å². The summed E-state index contributed by atoms with van der Waals surface area (Å²) in [5.74, 6) is 0. The van der Waals surface area contributed by atoms with Crippen LogP contribution in [0, 0.1) is 6.92 Å². The van der Waals surface area contributed by atoms with E-state index in [1.54, 1.807) is 12.1 Å². The van der Waals surface area contributed by atoms with E-state index in [2.05, 4.69) is 36.4 Å². The van der Waals surface area contributed by atoms with Crippen LogP contribution in [0.4, 0.5) is 0 Å². The fourth-order valence-corrected chi connectivity index (χ4v) is 11.7. The minimum atomic E-state index is -3.53. The summed E-state index contributed by atoms with van der Waals surface area (Å²) in [6.07, 6.45) is 0. The molecule has 4 rings (SSSR count). The van der Waals surface area contributed by atoms with Gasteiger partial charge in [-0.2, -0.15) is 0 Å². The Morgan fingerprint density at radius 2 is 0.933 bits per heavy atom. The summed E-state index contributed by atoms with van der Waals surface area (Å²) in [6.45, 7) is 1.96. The average Bonchev–Trinajstić information content (AvgIpc) is 2.79. The van der Waals surface area contributed by atoms with E-state index in [0.717, 1.165) is 21.5 Å². The Balaban J connectivity index is 1.99. The molecular formula is C26H24O2PS+. The van der Waals surface area contributed by atoms with E-state index < -0.39 is 17.1 Å². The zero-order valence-corrected chi connectivity index (χ0v) is 18.6. The summed E-state index contributed by atoms with van der Waals surface area (Å²) in [5.41, 5.74) is 1.10. The number of sulfone groups is 1. The summed E-state index contributed by atoms with van der Waals surface area (Å²) >= 11 is 0. The monoisotopic (exact) mass is 431 g/mol. The van der Waals surface area contributed by atoms with Crippen LogP contribution in [-0.2, 0) is 9.84 Å². The smallest absolute Gasteiger partial charge is 0.213 e. The lowest BCUT2D eigenvalue weighted by molar-refractivity contribution is 0.600. The number of hydrogen-bond acceptors (Lipinski definition) is 2. The predicted molar refractivity (Wildman–Crippen MR) is 128 cm³/mol. The molecule has 30 heavy (non-hydrogen) atoms. The van der Waals surface area contributed by atoms with Gasteiger partial charge < -0.3 is 0 Å². The van der Waals surface area contributed by atoms with Gasteiger partial charge in [-0.1, -0.05) is 72.3 Å². The number of aryl methyl sites for hydroxylation is 1. The SMILES string of the molecule is Cc1ccc(S(=O)(=O)C[P+](c2ccccc2)(c2ccccc2)c2ccccc2)cc1. The van der Waals surface area contributed by atoms with Crippen LogP contribution in [0.3, 0.4) is 0 Å². The maximum atomic E-state index is 13.7. The first-order valence-corrected chi connectivity index (χ1v) is 13.5. The summed E-state index contributed by atoms with van der Waals surface area (Å²) in [7, 11) is -5.97. The van der Waals surface area contributed by atoms with Gasteiger partial charge in [-0.25, -0.2) is 8.42 Å². The van der Waals surface area contributed by atoms with Crippen molar-refractivity contribution < 1.29 is 8.42 Å². The second-order valence-corrected chi connectivity index (χ2v) is 13.3. The molecular weight excluding hydrogens is 407 g/mol. The average molecular weight is 432 g/mol. The Labute approximate surface area is 179 Å². The lowest BCUT2D eigenvalue weighted by atomic mass is 10.2. The summed E-state index contributed by atoms with van der Waals surface area (Å²) in [4.78, 5) is 0.375. The Bertz CT molecular complexity index is 1110. The van der Waals surface area contributed by atoms with Crippen LogP contribution in [0.5, 0.6) is 0 Å². The van der Waals surface area contributed by atoms with Gasteiger partial charge in [-0.3, -0.25) is 0 Å². The molecule has 0 atom stereocenters. The minimum absolute atomic E-state index is 0.0566. The van der Waals surface area contributed by atoms with Crippen molar-refractivity contribution in [2.75, 3.05) is 5.49 Å². The molecule has 150 valence electrons. The molecule has 0 amide bonds. The van der Waals surface area contributed by atoms with Gasteiger partial charge in [0, 0.05) is 0 Å². The van der Waals surface area contributed by atoms with Crippen molar-refractivity contribution in [2.24, 2.45) is 0 Å². The molecule has 0 radical (unpaired) electrons. The molecule has 4 heteroatoms. The Morgan fingerprint density at radius 1 is 0.567 bits per heavy atom. The molecule has 0 saturated heterocycles. The summed E-state index contributed by atoms with van der Waals surface area (Å²) in [6, 6.07) is 37.5. The largest absolute Gasteiger partial charge is 0.220 e. The zero-order valence-electron chi connectivity index (χ0n) is 16.8. The van der Waals surface area contributed by atoms with E-state index in [0.29, 0.717) is 4.90 Å². The molecule has 4 aromatic rings. The standard InChI is InChI=1S/C26H24O2PS/c1-22-17-19-26(20-18-22)30(27,28)21-29(23-11-5-2-6-12-23,24-13-7-3-8-14-24)25-15-9-4-10-16-25/h2-20H,21H2,1H3/q+1. The first-order valence-electron chi connectivity index (χ1n) is 9.87. The van der Waals surface area contributed by atoms with Gasteiger partial charge in [0.15, 0.2) is 5.49 Å². The first kappa shape index (κ1) is 20.5. The second kappa shape index (κ2) is 8.55. The molecule has 0 heterocycles. The first-order chi connectivity index (χ1) is 14.5. The third-order valence-corrected chi connectivity index (χ3v) is 12.8. The molecule has 0 aliphatic heterocycles. The second-order valence-electron chi connectivity index (χ2n) is 7.37. The highest BCUT2D eigenvalue weighted by atomic mass is 32.2. The fraction of sp³-hybridized carbons (Fsp3) is 0.0769. The van der Waals surface area contributed by atoms with Crippen LogP contribution in [0.2, 0.25) is 0 Å². The molecule has 2 nitrogen and oxygen atoms in total. The van der Waals surface area contributed by atoms with Gasteiger partial charge >= 0.3 is 0 Å². The van der Waals surface area contributed by atoms with Gasteiger partial charge in [0.25, 0.3) is 0 Å². The van der Waals surface area contributed by atoms with E-state index in [1.165, 1.54) is 0 Å². The third-order valence-electron chi connectivity index (χ3n) is 5.33. The van der Waals surface area contributed by atoms with Crippen LogP contribution in [0.25, 0.3) is 0 Å². The van der Waals surface area contributed by atoms with Crippen LogP contribution < -0.4 is 15.9 Å². The zero-order chi connectivity index (χ0) is 21.0. The molecule has 0 N–H and O–H groups in total. The molecule has 0 aliphatic rings. The van der Waals surface area contributed by atoms with Crippen molar-refractivity contribution in [1.82, 2.24) is 0 Å². The van der Waals surface area contributed by atoms with Gasteiger partial charge in [-0.05, 0) is 55.5 Å². The predicted octanol–water partition coefficient (Wildman–Crippen LogP) is 4.72. The highest BCUT2D eigenvalue weighted by Crippen LogP contribution is 2.56. The Hall–Kier alpha value is -2.74. The van der Waals surface area contributed by atoms with Crippen LogP contribution in [0.1, 0.15) is 5.56 Å². The lowest BCUT2D eigenvalue weighted by Crippen LogP contribution is -2.35. The molecule has 0 spiro atoms. The molecule has 0 bridgehead atoms. The molecule has 0 fully saturated rings. The van der Waals surface area contributed by atoms with E-state index in [1.807, 2.05) is 73.7 Å².